The van der Waals surface area contributed by atoms with E-state index in [-0.39, 0.29) is 12.5 Å². The molecule has 154 valence electrons. The van der Waals surface area contributed by atoms with Crippen molar-refractivity contribution in [2.45, 2.75) is 45.3 Å². The fourth-order valence-electron chi connectivity index (χ4n) is 3.31. The van der Waals surface area contributed by atoms with Gasteiger partial charge in [-0.05, 0) is 56.4 Å². The molecule has 0 spiro atoms. The normalized spacial score (nSPS) is 14.5. The molecule has 3 N–H and O–H groups in total. The monoisotopic (exact) mass is 395 g/mol. The second kappa shape index (κ2) is 10.5. The Labute approximate surface area is 172 Å². The summed E-state index contributed by atoms with van der Waals surface area (Å²) in [5, 5.41) is 9.07. The summed E-state index contributed by atoms with van der Waals surface area (Å²) in [7, 11) is 1.68. The van der Waals surface area contributed by atoms with Crippen molar-refractivity contribution >= 4 is 17.6 Å². The van der Waals surface area contributed by atoms with Crippen LogP contribution in [-0.2, 0) is 11.3 Å². The molecule has 1 aromatic carbocycles. The van der Waals surface area contributed by atoms with Gasteiger partial charge in [-0.2, -0.15) is 0 Å². The van der Waals surface area contributed by atoms with Gasteiger partial charge in [0.2, 0.25) is 5.91 Å². The third-order valence-electron chi connectivity index (χ3n) is 4.85. The topological polar surface area (TPSA) is 87.6 Å². The first-order chi connectivity index (χ1) is 14.1. The van der Waals surface area contributed by atoms with Crippen LogP contribution in [0.5, 0.6) is 5.75 Å². The number of ether oxygens (including phenoxy) is 1. The number of carbonyl (C=O) groups excluding carboxylic acids is 1. The lowest BCUT2D eigenvalue weighted by atomic mass is 10.1. The summed E-state index contributed by atoms with van der Waals surface area (Å²) in [6.45, 7) is 2.74. The van der Waals surface area contributed by atoms with Gasteiger partial charge in [0.05, 0.1) is 24.5 Å². The van der Waals surface area contributed by atoms with Crippen LogP contribution in [0.3, 0.4) is 0 Å². The number of nitrogens with one attached hydrogen (secondary N) is 3. The van der Waals surface area contributed by atoms with Crippen LogP contribution in [0.25, 0.3) is 0 Å². The van der Waals surface area contributed by atoms with E-state index in [4.69, 9.17) is 4.74 Å². The highest BCUT2D eigenvalue weighted by Crippen LogP contribution is 2.27. The minimum Gasteiger partial charge on any atom is -0.490 e. The molecule has 1 aliphatic carbocycles. The molecule has 3 rings (SSSR count). The van der Waals surface area contributed by atoms with Gasteiger partial charge >= 0.3 is 0 Å². The van der Waals surface area contributed by atoms with Gasteiger partial charge in [0.1, 0.15) is 5.75 Å². The lowest BCUT2D eigenvalue weighted by Crippen LogP contribution is -2.41. The van der Waals surface area contributed by atoms with Crippen molar-refractivity contribution in [1.29, 1.82) is 0 Å². The van der Waals surface area contributed by atoms with Crippen molar-refractivity contribution < 1.29 is 9.53 Å². The molecular weight excluding hydrogens is 366 g/mol. The Morgan fingerprint density at radius 3 is 2.79 bits per heavy atom. The van der Waals surface area contributed by atoms with Gasteiger partial charge in [-0.15, -0.1) is 0 Å². The van der Waals surface area contributed by atoms with Gasteiger partial charge in [0.25, 0.3) is 0 Å². The van der Waals surface area contributed by atoms with E-state index in [9.17, 15) is 4.79 Å². The highest BCUT2D eigenvalue weighted by Gasteiger charge is 2.18. The molecule has 7 nitrogen and oxygen atoms in total. The van der Waals surface area contributed by atoms with Crippen molar-refractivity contribution in [3.8, 4) is 5.75 Å². The fraction of sp³-hybridized carbons (Fsp3) is 0.409. The van der Waals surface area contributed by atoms with Gasteiger partial charge in [-0.1, -0.05) is 12.1 Å². The second-order valence-electron chi connectivity index (χ2n) is 7.20. The van der Waals surface area contributed by atoms with Crippen molar-refractivity contribution in [2.24, 2.45) is 4.99 Å². The lowest BCUT2D eigenvalue weighted by molar-refractivity contribution is -0.115. The number of aliphatic imine (C=N–C) groups is 1. The zero-order chi connectivity index (χ0) is 20.5. The predicted octanol–water partition coefficient (Wildman–Crippen LogP) is 3.02. The van der Waals surface area contributed by atoms with E-state index >= 15 is 0 Å². The largest absolute Gasteiger partial charge is 0.490 e. The van der Waals surface area contributed by atoms with Crippen molar-refractivity contribution in [2.75, 3.05) is 18.9 Å². The maximum atomic E-state index is 12.1. The average Bonchev–Trinajstić information content (AvgIpc) is 3.23. The summed E-state index contributed by atoms with van der Waals surface area (Å²) in [6.07, 6.45) is 8.29. The first-order valence-corrected chi connectivity index (χ1v) is 10.0. The molecule has 0 unspecified atom stereocenters. The Bertz CT molecular complexity index is 832. The maximum Gasteiger partial charge on any atom is 0.243 e. The lowest BCUT2D eigenvalue weighted by Gasteiger charge is -2.18. The van der Waals surface area contributed by atoms with E-state index in [1.165, 1.54) is 18.4 Å². The SMILES string of the molecule is CN=C(NCC(=O)Nc1cccnc1)NCc1ccc(C)cc1OC1CCCC1. The highest BCUT2D eigenvalue weighted by molar-refractivity contribution is 5.94. The molecule has 7 heteroatoms. The summed E-state index contributed by atoms with van der Waals surface area (Å²) < 4.78 is 6.25. The first-order valence-electron chi connectivity index (χ1n) is 10.0. The number of anilines is 1. The zero-order valence-electron chi connectivity index (χ0n) is 17.1. The van der Waals surface area contributed by atoms with Crippen LogP contribution in [0.1, 0.15) is 36.8 Å². The molecule has 29 heavy (non-hydrogen) atoms. The molecule has 1 aliphatic rings. The number of pyridine rings is 1. The number of carbonyl (C=O) groups is 1. The summed E-state index contributed by atoms with van der Waals surface area (Å²) in [6, 6.07) is 9.81. The number of guanidine groups is 1. The number of nitrogens with zero attached hydrogens (tertiary/aromatic N) is 2. The standard InChI is InChI=1S/C22H29N5O2/c1-16-9-10-17(20(12-16)29-19-7-3-4-8-19)13-25-22(23-2)26-15-21(28)27-18-6-5-11-24-14-18/h5-6,9-12,14,19H,3-4,7-8,13,15H2,1-2H3,(H,27,28)(H2,23,25,26). The minimum absolute atomic E-state index is 0.105. The number of rotatable bonds is 7. The molecule has 0 radical (unpaired) electrons. The molecule has 1 amide bonds. The number of hydrogen-bond donors (Lipinski definition) is 3. The smallest absolute Gasteiger partial charge is 0.243 e. The van der Waals surface area contributed by atoms with Crippen LogP contribution in [0.15, 0.2) is 47.7 Å². The number of aromatic nitrogens is 1. The Balaban J connectivity index is 1.51. The molecule has 0 bridgehead atoms. The first kappa shape index (κ1) is 20.6. The minimum atomic E-state index is -0.165. The zero-order valence-corrected chi connectivity index (χ0v) is 17.1. The van der Waals surface area contributed by atoms with E-state index in [2.05, 4.69) is 51.0 Å². The molecule has 0 saturated heterocycles. The Kier molecular flexibility index (Phi) is 7.44. The van der Waals surface area contributed by atoms with Crippen LogP contribution in [0, 0.1) is 6.92 Å². The molecule has 0 atom stereocenters. The average molecular weight is 396 g/mol. The van der Waals surface area contributed by atoms with E-state index < -0.39 is 0 Å². The van der Waals surface area contributed by atoms with Crippen molar-refractivity contribution in [1.82, 2.24) is 15.6 Å². The van der Waals surface area contributed by atoms with E-state index in [0.717, 1.165) is 24.2 Å². The maximum absolute atomic E-state index is 12.1. The molecule has 1 heterocycles. The summed E-state index contributed by atoms with van der Waals surface area (Å²) in [5.41, 5.74) is 2.91. The molecule has 0 aliphatic heterocycles. The fourth-order valence-corrected chi connectivity index (χ4v) is 3.31. The van der Waals surface area contributed by atoms with Crippen LogP contribution < -0.4 is 20.7 Å². The number of hydrogen-bond acceptors (Lipinski definition) is 4. The highest BCUT2D eigenvalue weighted by atomic mass is 16.5. The van der Waals surface area contributed by atoms with Crippen LogP contribution in [-0.4, -0.2) is 36.5 Å². The van der Waals surface area contributed by atoms with E-state index in [0.29, 0.717) is 24.3 Å². The third kappa shape index (κ3) is 6.48. The van der Waals surface area contributed by atoms with Crippen LogP contribution in [0.2, 0.25) is 0 Å². The van der Waals surface area contributed by atoms with E-state index in [1.54, 1.807) is 31.6 Å². The third-order valence-corrected chi connectivity index (χ3v) is 4.85. The quantitative estimate of drug-likeness (QED) is 0.495. The predicted molar refractivity (Wildman–Crippen MR) is 115 cm³/mol. The summed E-state index contributed by atoms with van der Waals surface area (Å²) >= 11 is 0. The molecule has 1 fully saturated rings. The number of benzene rings is 1. The van der Waals surface area contributed by atoms with Gasteiger partial charge in [0, 0.05) is 25.4 Å². The van der Waals surface area contributed by atoms with Crippen molar-refractivity contribution in [3.63, 3.8) is 0 Å². The van der Waals surface area contributed by atoms with Gasteiger partial charge in [0.15, 0.2) is 5.96 Å². The molecule has 2 aromatic rings. The van der Waals surface area contributed by atoms with Gasteiger partial charge in [-0.25, -0.2) is 0 Å². The second-order valence-corrected chi connectivity index (χ2v) is 7.20. The van der Waals surface area contributed by atoms with Crippen molar-refractivity contribution in [3.05, 3.63) is 53.9 Å². The Morgan fingerprint density at radius 1 is 1.24 bits per heavy atom. The molecule has 1 aromatic heterocycles. The van der Waals surface area contributed by atoms with Crippen LogP contribution in [0.4, 0.5) is 5.69 Å². The summed E-state index contributed by atoms with van der Waals surface area (Å²) in [5.74, 6) is 1.31. The summed E-state index contributed by atoms with van der Waals surface area (Å²) in [4.78, 5) is 20.3. The van der Waals surface area contributed by atoms with Gasteiger partial charge in [-0.3, -0.25) is 14.8 Å². The van der Waals surface area contributed by atoms with E-state index in [1.807, 2.05) is 0 Å². The molecular formula is C22H29N5O2. The number of amides is 1. The van der Waals surface area contributed by atoms with Gasteiger partial charge < -0.3 is 20.7 Å². The Morgan fingerprint density at radius 2 is 2.07 bits per heavy atom. The molecule has 1 saturated carbocycles. The van der Waals surface area contributed by atoms with Crippen LogP contribution >= 0.6 is 0 Å². The Hall–Kier alpha value is -3.09. The number of aryl methyl sites for hydroxylation is 1.